The monoisotopic (exact) mass is 259 g/mol. The Labute approximate surface area is 110 Å². The van der Waals surface area contributed by atoms with Crippen molar-refractivity contribution in [1.82, 2.24) is 0 Å². The van der Waals surface area contributed by atoms with Gasteiger partial charge in [-0.2, -0.15) is 0 Å². The fraction of sp³-hybridized carbons (Fsp3) is 0.143. The largest absolute Gasteiger partial charge is 0.508 e. The van der Waals surface area contributed by atoms with Gasteiger partial charge in [0.15, 0.2) is 0 Å². The van der Waals surface area contributed by atoms with Crippen LogP contribution >= 0.6 is 0 Å². The van der Waals surface area contributed by atoms with Crippen LogP contribution in [0.3, 0.4) is 0 Å². The zero-order valence-corrected chi connectivity index (χ0v) is 10.2. The molecule has 0 heterocycles. The standard InChI is InChI=1S/C14H13NO4/c16-12-5-3-6-13(10-12)19-9-8-11-4-1-2-7-14(11)15(17)18/h1-7,10,16H,8-9H2. The average Bonchev–Trinajstić information content (AvgIpc) is 2.39. The van der Waals surface area contributed by atoms with Crippen molar-refractivity contribution in [2.24, 2.45) is 0 Å². The molecule has 0 atom stereocenters. The minimum Gasteiger partial charge on any atom is -0.508 e. The molecular formula is C14H13NO4. The summed E-state index contributed by atoms with van der Waals surface area (Å²) < 4.78 is 5.44. The summed E-state index contributed by atoms with van der Waals surface area (Å²) in [5.41, 5.74) is 0.731. The van der Waals surface area contributed by atoms with E-state index in [-0.39, 0.29) is 11.4 Å². The highest BCUT2D eigenvalue weighted by atomic mass is 16.6. The SMILES string of the molecule is O=[N+]([O-])c1ccccc1CCOc1cccc(O)c1. The van der Waals surface area contributed by atoms with Gasteiger partial charge in [0, 0.05) is 24.1 Å². The average molecular weight is 259 g/mol. The van der Waals surface area contributed by atoms with Crippen LogP contribution in [0.25, 0.3) is 0 Å². The van der Waals surface area contributed by atoms with Crippen LogP contribution in [0.1, 0.15) is 5.56 Å². The summed E-state index contributed by atoms with van der Waals surface area (Å²) in [6, 6.07) is 13.0. The fourth-order valence-electron chi connectivity index (χ4n) is 1.75. The fourth-order valence-corrected chi connectivity index (χ4v) is 1.75. The molecular weight excluding hydrogens is 246 g/mol. The second-order valence-electron chi connectivity index (χ2n) is 3.98. The van der Waals surface area contributed by atoms with Gasteiger partial charge in [-0.25, -0.2) is 0 Å². The normalized spacial score (nSPS) is 10.1. The number of nitro groups is 1. The van der Waals surface area contributed by atoms with E-state index in [0.29, 0.717) is 24.3 Å². The first kappa shape index (κ1) is 12.9. The van der Waals surface area contributed by atoms with Gasteiger partial charge in [0.25, 0.3) is 5.69 Å². The number of rotatable bonds is 5. The second-order valence-corrected chi connectivity index (χ2v) is 3.98. The molecule has 2 aromatic rings. The number of nitrogens with zero attached hydrogens (tertiary/aromatic N) is 1. The van der Waals surface area contributed by atoms with Gasteiger partial charge in [0.1, 0.15) is 11.5 Å². The minimum absolute atomic E-state index is 0.0991. The lowest BCUT2D eigenvalue weighted by Crippen LogP contribution is -2.03. The molecule has 0 bridgehead atoms. The topological polar surface area (TPSA) is 72.6 Å². The van der Waals surface area contributed by atoms with Gasteiger partial charge in [-0.1, -0.05) is 24.3 Å². The maximum absolute atomic E-state index is 10.8. The number of aromatic hydroxyl groups is 1. The molecule has 0 unspecified atom stereocenters. The van der Waals surface area contributed by atoms with E-state index in [1.54, 1.807) is 36.4 Å². The van der Waals surface area contributed by atoms with Crippen molar-refractivity contribution >= 4 is 5.69 Å². The lowest BCUT2D eigenvalue weighted by atomic mass is 10.1. The van der Waals surface area contributed by atoms with E-state index >= 15 is 0 Å². The van der Waals surface area contributed by atoms with Gasteiger partial charge in [0.05, 0.1) is 11.5 Å². The third-order valence-corrected chi connectivity index (χ3v) is 2.65. The zero-order chi connectivity index (χ0) is 13.7. The number of benzene rings is 2. The van der Waals surface area contributed by atoms with Crippen molar-refractivity contribution in [2.75, 3.05) is 6.61 Å². The third-order valence-electron chi connectivity index (χ3n) is 2.65. The molecule has 0 fully saturated rings. The molecule has 0 aliphatic heterocycles. The predicted molar refractivity (Wildman–Crippen MR) is 70.4 cm³/mol. The van der Waals surface area contributed by atoms with E-state index in [0.717, 1.165) is 0 Å². The van der Waals surface area contributed by atoms with E-state index in [2.05, 4.69) is 0 Å². The first-order valence-electron chi connectivity index (χ1n) is 5.81. The van der Waals surface area contributed by atoms with Crippen molar-refractivity contribution in [2.45, 2.75) is 6.42 Å². The molecule has 0 saturated heterocycles. The molecule has 2 aromatic carbocycles. The number of phenolic OH excluding ortho intramolecular Hbond substituents is 1. The Kier molecular flexibility index (Phi) is 3.97. The van der Waals surface area contributed by atoms with Crippen molar-refractivity contribution in [3.05, 3.63) is 64.2 Å². The van der Waals surface area contributed by atoms with Crippen LogP contribution in [0.5, 0.6) is 11.5 Å². The molecule has 19 heavy (non-hydrogen) atoms. The molecule has 5 heteroatoms. The van der Waals surface area contributed by atoms with E-state index in [1.165, 1.54) is 12.1 Å². The Bertz CT molecular complexity index is 583. The number of ether oxygens (including phenoxy) is 1. The lowest BCUT2D eigenvalue weighted by molar-refractivity contribution is -0.385. The Morgan fingerprint density at radius 2 is 1.95 bits per heavy atom. The maximum Gasteiger partial charge on any atom is 0.272 e. The number of nitro benzene ring substituents is 1. The van der Waals surface area contributed by atoms with Crippen molar-refractivity contribution in [3.8, 4) is 11.5 Å². The van der Waals surface area contributed by atoms with Gasteiger partial charge in [0.2, 0.25) is 0 Å². The van der Waals surface area contributed by atoms with Gasteiger partial charge in [-0.05, 0) is 12.1 Å². The highest BCUT2D eigenvalue weighted by molar-refractivity contribution is 5.40. The van der Waals surface area contributed by atoms with Crippen LogP contribution in [0, 0.1) is 10.1 Å². The van der Waals surface area contributed by atoms with Crippen molar-refractivity contribution in [3.63, 3.8) is 0 Å². The van der Waals surface area contributed by atoms with E-state index < -0.39 is 4.92 Å². The summed E-state index contributed by atoms with van der Waals surface area (Å²) in [5.74, 6) is 0.668. The molecule has 0 aromatic heterocycles. The summed E-state index contributed by atoms with van der Waals surface area (Å²) in [5, 5.41) is 20.1. The maximum atomic E-state index is 10.8. The Hall–Kier alpha value is -2.56. The lowest BCUT2D eigenvalue weighted by Gasteiger charge is -2.06. The van der Waals surface area contributed by atoms with E-state index in [9.17, 15) is 15.2 Å². The molecule has 0 saturated carbocycles. The molecule has 0 spiro atoms. The van der Waals surface area contributed by atoms with Gasteiger partial charge >= 0.3 is 0 Å². The Morgan fingerprint density at radius 1 is 1.16 bits per heavy atom. The zero-order valence-electron chi connectivity index (χ0n) is 10.2. The third kappa shape index (κ3) is 3.45. The molecule has 0 amide bonds. The summed E-state index contributed by atoms with van der Waals surface area (Å²) >= 11 is 0. The quantitative estimate of drug-likeness (QED) is 0.661. The van der Waals surface area contributed by atoms with Gasteiger partial charge < -0.3 is 9.84 Å². The predicted octanol–water partition coefficient (Wildman–Crippen LogP) is 2.92. The molecule has 0 aliphatic rings. The molecule has 98 valence electrons. The number of hydrogen-bond acceptors (Lipinski definition) is 4. The first-order valence-corrected chi connectivity index (χ1v) is 5.81. The number of para-hydroxylation sites is 1. The van der Waals surface area contributed by atoms with Crippen molar-refractivity contribution in [1.29, 1.82) is 0 Å². The molecule has 0 aliphatic carbocycles. The number of phenols is 1. The first-order chi connectivity index (χ1) is 9.16. The van der Waals surface area contributed by atoms with Crippen LogP contribution in [-0.2, 0) is 6.42 Å². The summed E-state index contributed by atoms with van der Waals surface area (Å²) in [6.45, 7) is 0.314. The highest BCUT2D eigenvalue weighted by Gasteiger charge is 2.11. The number of hydrogen-bond donors (Lipinski definition) is 1. The second kappa shape index (κ2) is 5.86. The molecule has 2 rings (SSSR count). The van der Waals surface area contributed by atoms with Crippen LogP contribution < -0.4 is 4.74 Å². The highest BCUT2D eigenvalue weighted by Crippen LogP contribution is 2.20. The van der Waals surface area contributed by atoms with Gasteiger partial charge in [-0.15, -0.1) is 0 Å². The molecule has 5 nitrogen and oxygen atoms in total. The Balaban J connectivity index is 1.98. The van der Waals surface area contributed by atoms with Crippen molar-refractivity contribution < 1.29 is 14.8 Å². The minimum atomic E-state index is -0.399. The molecule has 1 N–H and O–H groups in total. The van der Waals surface area contributed by atoms with Gasteiger partial charge in [-0.3, -0.25) is 10.1 Å². The summed E-state index contributed by atoms with van der Waals surface area (Å²) in [4.78, 5) is 10.4. The van der Waals surface area contributed by atoms with E-state index in [1.807, 2.05) is 0 Å². The van der Waals surface area contributed by atoms with Crippen LogP contribution in [-0.4, -0.2) is 16.6 Å². The smallest absolute Gasteiger partial charge is 0.272 e. The van der Waals surface area contributed by atoms with Crippen LogP contribution in [0.4, 0.5) is 5.69 Å². The van der Waals surface area contributed by atoms with Crippen LogP contribution in [0.15, 0.2) is 48.5 Å². The summed E-state index contributed by atoms with van der Waals surface area (Å²) in [7, 11) is 0. The Morgan fingerprint density at radius 3 is 2.68 bits per heavy atom. The summed E-state index contributed by atoms with van der Waals surface area (Å²) in [6.07, 6.45) is 0.437. The van der Waals surface area contributed by atoms with Crippen LogP contribution in [0.2, 0.25) is 0 Å². The van der Waals surface area contributed by atoms with E-state index in [4.69, 9.17) is 4.74 Å². The molecule has 0 radical (unpaired) electrons.